The molecule has 0 unspecified atom stereocenters. The highest BCUT2D eigenvalue weighted by Crippen LogP contribution is 2.36. The Morgan fingerprint density at radius 1 is 1.36 bits per heavy atom. The third-order valence-electron chi connectivity index (χ3n) is 2.31. The van der Waals surface area contributed by atoms with E-state index in [1.807, 2.05) is 26.0 Å². The smallest absolute Gasteiger partial charge is 0.218 e. The lowest BCUT2D eigenvalue weighted by Gasteiger charge is -1.98. The van der Waals surface area contributed by atoms with Gasteiger partial charge in [-0.2, -0.15) is 5.11 Å². The molecule has 0 aliphatic carbocycles. The highest BCUT2D eigenvalue weighted by Gasteiger charge is 2.11. The molecule has 0 amide bonds. The Morgan fingerprint density at radius 3 is 2.71 bits per heavy atom. The molecule has 0 bridgehead atoms. The predicted molar refractivity (Wildman–Crippen MR) is 54.2 cm³/mol. The summed E-state index contributed by atoms with van der Waals surface area (Å²) in [4.78, 5) is 2.82. The summed E-state index contributed by atoms with van der Waals surface area (Å²) in [5.74, 6) is -0.0382. The highest BCUT2D eigenvalue weighted by atomic mass is 16.3. The van der Waals surface area contributed by atoms with E-state index in [0.29, 0.717) is 5.69 Å². The van der Waals surface area contributed by atoms with E-state index in [0.717, 1.165) is 22.0 Å². The number of hydrogen-bond donors (Lipinski definition) is 3. The van der Waals surface area contributed by atoms with Crippen molar-refractivity contribution in [2.24, 2.45) is 5.11 Å². The molecule has 1 aromatic carbocycles. The first-order valence-electron chi connectivity index (χ1n) is 4.33. The number of H-pyrrole nitrogens is 1. The number of benzene rings is 1. The molecule has 72 valence electrons. The molecular formula is C10H11N3O. The van der Waals surface area contributed by atoms with Gasteiger partial charge in [0.1, 0.15) is 0 Å². The van der Waals surface area contributed by atoms with Crippen LogP contribution in [0.3, 0.4) is 0 Å². The summed E-state index contributed by atoms with van der Waals surface area (Å²) in [6, 6.07) is 3.93. The highest BCUT2D eigenvalue weighted by molar-refractivity contribution is 5.96. The summed E-state index contributed by atoms with van der Waals surface area (Å²) < 4.78 is 0. The van der Waals surface area contributed by atoms with Crippen molar-refractivity contribution in [1.82, 2.24) is 4.98 Å². The van der Waals surface area contributed by atoms with Gasteiger partial charge in [0, 0.05) is 5.39 Å². The number of aromatic nitrogens is 1. The molecule has 0 saturated heterocycles. The minimum atomic E-state index is -0.0382. The van der Waals surface area contributed by atoms with Gasteiger partial charge in [-0.3, -0.25) is 0 Å². The van der Waals surface area contributed by atoms with Gasteiger partial charge in [0.2, 0.25) is 5.88 Å². The molecule has 0 aliphatic rings. The minimum Gasteiger partial charge on any atom is -0.493 e. The Kier molecular flexibility index (Phi) is 1.77. The van der Waals surface area contributed by atoms with E-state index in [-0.39, 0.29) is 5.88 Å². The van der Waals surface area contributed by atoms with Crippen LogP contribution in [0.25, 0.3) is 10.9 Å². The first-order valence-corrected chi connectivity index (χ1v) is 4.33. The fraction of sp³-hybridized carbons (Fsp3) is 0.200. The lowest BCUT2D eigenvalue weighted by molar-refractivity contribution is 0.459. The molecule has 1 aromatic heterocycles. The molecule has 14 heavy (non-hydrogen) atoms. The van der Waals surface area contributed by atoms with Crippen molar-refractivity contribution in [3.8, 4) is 5.88 Å². The van der Waals surface area contributed by atoms with E-state index in [9.17, 15) is 5.11 Å². The Morgan fingerprint density at radius 2 is 2.07 bits per heavy atom. The summed E-state index contributed by atoms with van der Waals surface area (Å²) in [7, 11) is 0. The Bertz CT molecular complexity index is 514. The van der Waals surface area contributed by atoms with Crippen LogP contribution < -0.4 is 0 Å². The minimum absolute atomic E-state index is 0.0382. The van der Waals surface area contributed by atoms with Gasteiger partial charge in [-0.1, -0.05) is 11.6 Å². The van der Waals surface area contributed by atoms with Gasteiger partial charge in [-0.15, -0.1) is 0 Å². The molecule has 0 atom stereocenters. The monoisotopic (exact) mass is 189 g/mol. The van der Waals surface area contributed by atoms with Gasteiger partial charge in [0.25, 0.3) is 0 Å². The number of nitrogens with zero attached hydrogens (tertiary/aromatic N) is 1. The van der Waals surface area contributed by atoms with Crippen molar-refractivity contribution in [3.63, 3.8) is 0 Å². The van der Waals surface area contributed by atoms with Crippen LogP contribution in [0.4, 0.5) is 5.69 Å². The van der Waals surface area contributed by atoms with Crippen LogP contribution in [-0.2, 0) is 0 Å². The van der Waals surface area contributed by atoms with E-state index in [4.69, 9.17) is 5.53 Å². The van der Waals surface area contributed by atoms with Gasteiger partial charge in [-0.05, 0) is 25.5 Å². The van der Waals surface area contributed by atoms with Crippen molar-refractivity contribution in [3.05, 3.63) is 23.3 Å². The van der Waals surface area contributed by atoms with Crippen molar-refractivity contribution >= 4 is 16.6 Å². The number of rotatable bonds is 1. The molecule has 4 nitrogen and oxygen atoms in total. The average molecular weight is 189 g/mol. The van der Waals surface area contributed by atoms with Crippen LogP contribution in [0.2, 0.25) is 0 Å². The molecule has 1 heterocycles. The number of aromatic hydroxyl groups is 1. The molecule has 0 radical (unpaired) electrons. The fourth-order valence-corrected chi connectivity index (χ4v) is 1.74. The van der Waals surface area contributed by atoms with Gasteiger partial charge < -0.3 is 10.1 Å². The molecule has 0 saturated carbocycles. The van der Waals surface area contributed by atoms with Crippen LogP contribution >= 0.6 is 0 Å². The summed E-state index contributed by atoms with van der Waals surface area (Å²) in [5.41, 5.74) is 10.3. The SMILES string of the molecule is Cc1cc(C)c2[nH]c(O)c(N=N)c2c1. The molecule has 2 aromatic rings. The maximum Gasteiger partial charge on any atom is 0.218 e. The normalized spacial score (nSPS) is 10.7. The summed E-state index contributed by atoms with van der Waals surface area (Å²) in [6.07, 6.45) is 0. The fourth-order valence-electron chi connectivity index (χ4n) is 1.74. The van der Waals surface area contributed by atoms with E-state index in [1.54, 1.807) is 0 Å². The van der Waals surface area contributed by atoms with Crippen LogP contribution in [0.1, 0.15) is 11.1 Å². The lowest BCUT2D eigenvalue weighted by atomic mass is 10.1. The number of fused-ring (bicyclic) bond motifs is 1. The predicted octanol–water partition coefficient (Wildman–Crippen LogP) is 3.15. The van der Waals surface area contributed by atoms with Gasteiger partial charge >= 0.3 is 0 Å². The zero-order valence-electron chi connectivity index (χ0n) is 8.05. The summed E-state index contributed by atoms with van der Waals surface area (Å²) in [6.45, 7) is 3.93. The standard InChI is InChI=1S/C10H11N3O/c1-5-3-6(2)8-7(4-5)9(13-11)10(14)12-8/h3-4,11-12,14H,1-2H3. The maximum atomic E-state index is 9.48. The summed E-state index contributed by atoms with van der Waals surface area (Å²) in [5, 5.41) is 13.6. The third kappa shape index (κ3) is 1.08. The quantitative estimate of drug-likeness (QED) is 0.592. The first kappa shape index (κ1) is 8.74. The van der Waals surface area contributed by atoms with E-state index in [2.05, 4.69) is 10.1 Å². The van der Waals surface area contributed by atoms with Crippen LogP contribution in [0.15, 0.2) is 17.2 Å². The molecule has 0 fully saturated rings. The van der Waals surface area contributed by atoms with Crippen molar-refractivity contribution in [2.45, 2.75) is 13.8 Å². The number of aromatic amines is 1. The molecule has 2 rings (SSSR count). The lowest BCUT2D eigenvalue weighted by Crippen LogP contribution is -1.78. The van der Waals surface area contributed by atoms with Crippen LogP contribution in [-0.4, -0.2) is 10.1 Å². The zero-order valence-corrected chi connectivity index (χ0v) is 8.05. The van der Waals surface area contributed by atoms with Crippen molar-refractivity contribution in [1.29, 1.82) is 5.53 Å². The number of hydrogen-bond acceptors (Lipinski definition) is 3. The van der Waals surface area contributed by atoms with E-state index < -0.39 is 0 Å². The molecule has 4 heteroatoms. The van der Waals surface area contributed by atoms with Crippen molar-refractivity contribution < 1.29 is 5.11 Å². The number of nitrogens with one attached hydrogen (secondary N) is 2. The third-order valence-corrected chi connectivity index (χ3v) is 2.31. The van der Waals surface area contributed by atoms with E-state index in [1.165, 1.54) is 0 Å². The number of aryl methyl sites for hydroxylation is 2. The second-order valence-electron chi connectivity index (χ2n) is 3.44. The largest absolute Gasteiger partial charge is 0.493 e. The summed E-state index contributed by atoms with van der Waals surface area (Å²) >= 11 is 0. The molecule has 0 spiro atoms. The average Bonchev–Trinajstić information content (AvgIpc) is 2.41. The van der Waals surface area contributed by atoms with Crippen LogP contribution in [0, 0.1) is 19.4 Å². The zero-order chi connectivity index (χ0) is 10.3. The Hall–Kier alpha value is -1.84. The second kappa shape index (κ2) is 2.83. The topological polar surface area (TPSA) is 72.2 Å². The first-order chi connectivity index (χ1) is 6.63. The molecular weight excluding hydrogens is 178 g/mol. The second-order valence-corrected chi connectivity index (χ2v) is 3.44. The molecule has 3 N–H and O–H groups in total. The van der Waals surface area contributed by atoms with Gasteiger partial charge in [0.15, 0.2) is 5.69 Å². The molecule has 0 aliphatic heterocycles. The van der Waals surface area contributed by atoms with Crippen molar-refractivity contribution in [2.75, 3.05) is 0 Å². The van der Waals surface area contributed by atoms with Gasteiger partial charge in [0.05, 0.1) is 5.52 Å². The maximum absolute atomic E-state index is 9.48. The Balaban J connectivity index is 2.94. The van der Waals surface area contributed by atoms with Gasteiger partial charge in [-0.25, -0.2) is 5.53 Å². The van der Waals surface area contributed by atoms with E-state index >= 15 is 0 Å². The van der Waals surface area contributed by atoms with Crippen LogP contribution in [0.5, 0.6) is 5.88 Å². The Labute approximate surface area is 81.1 Å².